The number of benzene rings is 1. The first-order valence-corrected chi connectivity index (χ1v) is 11.4. The molecule has 0 unspecified atom stereocenters. The molecule has 1 aliphatic heterocycles. The van der Waals surface area contributed by atoms with Crippen molar-refractivity contribution in [2.24, 2.45) is 0 Å². The zero-order valence-electron chi connectivity index (χ0n) is 19.4. The normalized spacial score (nSPS) is 16.5. The van der Waals surface area contributed by atoms with Crippen molar-refractivity contribution in [2.45, 2.75) is 52.7 Å². The number of hydrogen-bond acceptors (Lipinski definition) is 6. The third-order valence-electron chi connectivity index (χ3n) is 5.48. The molecule has 0 radical (unpaired) electrons. The van der Waals surface area contributed by atoms with Crippen LogP contribution in [0.5, 0.6) is 0 Å². The van der Waals surface area contributed by atoms with Gasteiger partial charge in [-0.15, -0.1) is 0 Å². The molecule has 1 saturated heterocycles. The van der Waals surface area contributed by atoms with Gasteiger partial charge in [0.1, 0.15) is 11.6 Å². The molecule has 1 aliphatic rings. The van der Waals surface area contributed by atoms with Gasteiger partial charge in [-0.25, -0.2) is 9.97 Å². The number of ether oxygens (including phenoxy) is 1. The van der Waals surface area contributed by atoms with Crippen LogP contribution in [0.15, 0.2) is 24.3 Å². The summed E-state index contributed by atoms with van der Waals surface area (Å²) >= 11 is 6.42. The van der Waals surface area contributed by atoms with Gasteiger partial charge in [-0.2, -0.15) is 0 Å². The largest absolute Gasteiger partial charge is 0.389 e. The standard InChI is InChI=1S/C24H35ClN4O2/c1-17-21(14-19-8-6-7-9-22(19)25)23(27-18(2)26-17)29-12-10-28(11-13-29)15-20(30)16-31-24(3,4)5/h6-9,20,30H,10-16H2,1-5H3/t20-/m0/s1. The van der Waals surface area contributed by atoms with E-state index in [1.165, 1.54) is 0 Å². The van der Waals surface area contributed by atoms with Crippen molar-refractivity contribution in [1.29, 1.82) is 0 Å². The van der Waals surface area contributed by atoms with E-state index >= 15 is 0 Å². The number of aryl methyl sites for hydroxylation is 2. The second-order valence-electron chi connectivity index (χ2n) is 9.29. The Morgan fingerprint density at radius 2 is 1.77 bits per heavy atom. The van der Waals surface area contributed by atoms with Crippen LogP contribution >= 0.6 is 11.6 Å². The predicted octanol–water partition coefficient (Wildman–Crippen LogP) is 3.64. The molecule has 0 amide bonds. The minimum atomic E-state index is -0.481. The minimum Gasteiger partial charge on any atom is -0.389 e. The summed E-state index contributed by atoms with van der Waals surface area (Å²) in [6, 6.07) is 7.95. The van der Waals surface area contributed by atoms with Gasteiger partial charge in [0.2, 0.25) is 0 Å². The van der Waals surface area contributed by atoms with Gasteiger partial charge in [-0.1, -0.05) is 29.8 Å². The Hall–Kier alpha value is -1.73. The van der Waals surface area contributed by atoms with Gasteiger partial charge in [0.25, 0.3) is 0 Å². The maximum Gasteiger partial charge on any atom is 0.136 e. The summed E-state index contributed by atoms with van der Waals surface area (Å²) in [5.41, 5.74) is 2.98. The van der Waals surface area contributed by atoms with Crippen molar-refractivity contribution in [1.82, 2.24) is 14.9 Å². The maximum absolute atomic E-state index is 10.3. The van der Waals surface area contributed by atoms with Crippen LogP contribution in [0.4, 0.5) is 5.82 Å². The molecular weight excluding hydrogens is 412 g/mol. The summed E-state index contributed by atoms with van der Waals surface area (Å²) in [5, 5.41) is 11.1. The highest BCUT2D eigenvalue weighted by Gasteiger charge is 2.24. The molecule has 0 aliphatic carbocycles. The summed E-state index contributed by atoms with van der Waals surface area (Å²) in [7, 11) is 0. The van der Waals surface area contributed by atoms with Gasteiger partial charge >= 0.3 is 0 Å². The van der Waals surface area contributed by atoms with E-state index in [1.54, 1.807) is 0 Å². The summed E-state index contributed by atoms with van der Waals surface area (Å²) in [6.45, 7) is 14.5. The topological polar surface area (TPSA) is 61.7 Å². The number of piperazine rings is 1. The average molecular weight is 447 g/mol. The molecule has 1 N–H and O–H groups in total. The Labute approximate surface area is 191 Å². The van der Waals surface area contributed by atoms with E-state index in [0.717, 1.165) is 59.7 Å². The first-order valence-electron chi connectivity index (χ1n) is 11.0. The monoisotopic (exact) mass is 446 g/mol. The van der Waals surface area contributed by atoms with Crippen molar-refractivity contribution >= 4 is 17.4 Å². The number of aromatic nitrogens is 2. The van der Waals surface area contributed by atoms with Gasteiger partial charge in [-0.3, -0.25) is 4.90 Å². The lowest BCUT2D eigenvalue weighted by molar-refractivity contribution is -0.0563. The fourth-order valence-corrected chi connectivity index (χ4v) is 4.06. The highest BCUT2D eigenvalue weighted by atomic mass is 35.5. The summed E-state index contributed by atoms with van der Waals surface area (Å²) < 4.78 is 5.72. The lowest BCUT2D eigenvalue weighted by atomic mass is 10.0. The number of nitrogens with zero attached hydrogens (tertiary/aromatic N) is 4. The lowest BCUT2D eigenvalue weighted by Gasteiger charge is -2.37. The fraction of sp³-hybridized carbons (Fsp3) is 0.583. The molecule has 3 rings (SSSR count). The molecule has 2 aromatic rings. The molecule has 1 fully saturated rings. The smallest absolute Gasteiger partial charge is 0.136 e. The number of anilines is 1. The van der Waals surface area contributed by atoms with Crippen LogP contribution in [0, 0.1) is 13.8 Å². The Bertz CT molecular complexity index is 876. The Kier molecular flexibility index (Phi) is 7.92. The van der Waals surface area contributed by atoms with Crippen LogP contribution in [0.1, 0.15) is 43.4 Å². The second kappa shape index (κ2) is 10.3. The zero-order chi connectivity index (χ0) is 22.6. The molecule has 0 spiro atoms. The molecule has 1 aromatic heterocycles. The van der Waals surface area contributed by atoms with Crippen LogP contribution in [-0.4, -0.2) is 71.0 Å². The van der Waals surface area contributed by atoms with Crippen LogP contribution in [0.3, 0.4) is 0 Å². The molecule has 0 bridgehead atoms. The van der Waals surface area contributed by atoms with Crippen molar-refractivity contribution < 1.29 is 9.84 Å². The van der Waals surface area contributed by atoms with Gasteiger partial charge in [-0.05, 0) is 46.2 Å². The van der Waals surface area contributed by atoms with Crippen LogP contribution in [0.25, 0.3) is 0 Å². The Morgan fingerprint density at radius 1 is 1.10 bits per heavy atom. The number of aliphatic hydroxyl groups excluding tert-OH is 1. The lowest BCUT2D eigenvalue weighted by Crippen LogP contribution is -2.50. The average Bonchev–Trinajstić information content (AvgIpc) is 2.70. The minimum absolute atomic E-state index is 0.236. The van der Waals surface area contributed by atoms with Gasteiger partial charge in [0.15, 0.2) is 0 Å². The molecule has 170 valence electrons. The number of halogens is 1. The highest BCUT2D eigenvalue weighted by Crippen LogP contribution is 2.27. The molecule has 2 heterocycles. The third kappa shape index (κ3) is 6.88. The van der Waals surface area contributed by atoms with Gasteiger partial charge in [0.05, 0.1) is 18.3 Å². The number of β-amino-alcohol motifs (C(OH)–C–C–N with tert-alkyl or cyclic N) is 1. The number of hydrogen-bond donors (Lipinski definition) is 1. The molecule has 31 heavy (non-hydrogen) atoms. The molecular formula is C24H35ClN4O2. The zero-order valence-corrected chi connectivity index (χ0v) is 20.1. The van der Waals surface area contributed by atoms with E-state index in [4.69, 9.17) is 21.3 Å². The predicted molar refractivity (Wildman–Crippen MR) is 126 cm³/mol. The van der Waals surface area contributed by atoms with Crippen molar-refractivity contribution in [3.63, 3.8) is 0 Å². The summed E-state index contributed by atoms with van der Waals surface area (Å²) in [5.74, 6) is 1.79. The van der Waals surface area contributed by atoms with Crippen molar-refractivity contribution in [2.75, 3.05) is 44.2 Å². The first-order chi connectivity index (χ1) is 14.6. The van der Waals surface area contributed by atoms with E-state index < -0.39 is 6.10 Å². The Morgan fingerprint density at radius 3 is 2.42 bits per heavy atom. The number of aliphatic hydroxyl groups is 1. The Balaban J connectivity index is 1.67. The molecule has 7 heteroatoms. The van der Waals surface area contributed by atoms with Gasteiger partial charge in [0, 0.05) is 55.4 Å². The molecule has 1 atom stereocenters. The SMILES string of the molecule is Cc1nc(C)c(Cc2ccccc2Cl)c(N2CCN(C[C@H](O)COC(C)(C)C)CC2)n1. The van der Waals surface area contributed by atoms with E-state index in [2.05, 4.69) is 20.9 Å². The third-order valence-corrected chi connectivity index (χ3v) is 5.85. The van der Waals surface area contributed by atoms with E-state index in [0.29, 0.717) is 19.6 Å². The molecule has 6 nitrogen and oxygen atoms in total. The first kappa shape index (κ1) is 23.9. The summed E-state index contributed by atoms with van der Waals surface area (Å²) in [6.07, 6.45) is 0.231. The number of rotatable bonds is 7. The summed E-state index contributed by atoms with van der Waals surface area (Å²) in [4.78, 5) is 14.1. The second-order valence-corrected chi connectivity index (χ2v) is 9.70. The fourth-order valence-electron chi connectivity index (χ4n) is 3.86. The van der Waals surface area contributed by atoms with E-state index in [1.807, 2.05) is 52.8 Å². The van der Waals surface area contributed by atoms with Crippen LogP contribution in [0.2, 0.25) is 5.02 Å². The molecule has 1 aromatic carbocycles. The van der Waals surface area contributed by atoms with Gasteiger partial charge < -0.3 is 14.7 Å². The quantitative estimate of drug-likeness (QED) is 0.700. The maximum atomic E-state index is 10.3. The van der Waals surface area contributed by atoms with Crippen molar-refractivity contribution in [3.8, 4) is 0 Å². The van der Waals surface area contributed by atoms with Crippen LogP contribution in [-0.2, 0) is 11.2 Å². The van der Waals surface area contributed by atoms with E-state index in [-0.39, 0.29) is 5.60 Å². The molecule has 0 saturated carbocycles. The highest BCUT2D eigenvalue weighted by molar-refractivity contribution is 6.31. The van der Waals surface area contributed by atoms with Crippen molar-refractivity contribution in [3.05, 3.63) is 51.9 Å². The van der Waals surface area contributed by atoms with Crippen LogP contribution < -0.4 is 4.90 Å². The van der Waals surface area contributed by atoms with E-state index in [9.17, 15) is 5.11 Å².